The van der Waals surface area contributed by atoms with E-state index in [-0.39, 0.29) is 4.90 Å². The zero-order valence-electron chi connectivity index (χ0n) is 12.7. The van der Waals surface area contributed by atoms with Gasteiger partial charge in [-0.2, -0.15) is 8.42 Å². The Labute approximate surface area is 134 Å². The Morgan fingerprint density at radius 1 is 1.13 bits per heavy atom. The van der Waals surface area contributed by atoms with Crippen molar-refractivity contribution >= 4 is 10.1 Å². The van der Waals surface area contributed by atoms with E-state index < -0.39 is 47.4 Å². The predicted octanol–water partition coefficient (Wildman–Crippen LogP) is -0.846. The summed E-state index contributed by atoms with van der Waals surface area (Å²) in [7, 11) is -2.78. The van der Waals surface area contributed by atoms with Crippen LogP contribution in [0, 0.1) is 6.92 Å². The highest BCUT2D eigenvalue weighted by Gasteiger charge is 2.44. The summed E-state index contributed by atoms with van der Waals surface area (Å²) in [5.41, 5.74) is 0.898. The molecule has 0 aromatic heterocycles. The lowest BCUT2D eigenvalue weighted by atomic mass is 9.99. The van der Waals surface area contributed by atoms with E-state index in [1.165, 1.54) is 19.2 Å². The third-order valence-electron chi connectivity index (χ3n) is 3.63. The van der Waals surface area contributed by atoms with Gasteiger partial charge in [0.15, 0.2) is 6.29 Å². The van der Waals surface area contributed by atoms with Gasteiger partial charge in [-0.1, -0.05) is 17.7 Å². The molecule has 0 aliphatic carbocycles. The molecule has 0 spiro atoms. The van der Waals surface area contributed by atoms with E-state index in [4.69, 9.17) is 13.7 Å². The molecule has 2 rings (SSSR count). The van der Waals surface area contributed by atoms with Gasteiger partial charge in [-0.15, -0.1) is 0 Å². The van der Waals surface area contributed by atoms with Gasteiger partial charge in [-0.05, 0) is 19.1 Å². The van der Waals surface area contributed by atoms with E-state index in [1.807, 2.05) is 6.92 Å². The Bertz CT molecular complexity index is 614. The number of aliphatic hydroxyl groups excluding tert-OH is 3. The van der Waals surface area contributed by atoms with Gasteiger partial charge in [0.25, 0.3) is 10.1 Å². The van der Waals surface area contributed by atoms with Gasteiger partial charge < -0.3 is 24.8 Å². The van der Waals surface area contributed by atoms with E-state index in [2.05, 4.69) is 0 Å². The van der Waals surface area contributed by atoms with Crippen molar-refractivity contribution in [2.24, 2.45) is 0 Å². The van der Waals surface area contributed by atoms with E-state index >= 15 is 0 Å². The summed E-state index contributed by atoms with van der Waals surface area (Å²) >= 11 is 0. The highest BCUT2D eigenvalue weighted by molar-refractivity contribution is 7.86. The molecule has 0 amide bonds. The molecule has 0 radical (unpaired) electrons. The third-order valence-corrected chi connectivity index (χ3v) is 4.93. The average Bonchev–Trinajstić information content (AvgIpc) is 2.51. The molecule has 0 bridgehead atoms. The van der Waals surface area contributed by atoms with Crippen molar-refractivity contribution in [3.63, 3.8) is 0 Å². The second kappa shape index (κ2) is 7.22. The summed E-state index contributed by atoms with van der Waals surface area (Å²) in [4.78, 5) is -0.0303. The van der Waals surface area contributed by atoms with Crippen LogP contribution in [0.25, 0.3) is 0 Å². The number of benzene rings is 1. The monoisotopic (exact) mass is 348 g/mol. The Hall–Kier alpha value is -1.07. The highest BCUT2D eigenvalue weighted by Crippen LogP contribution is 2.23. The largest absolute Gasteiger partial charge is 0.387 e. The topological polar surface area (TPSA) is 123 Å². The minimum atomic E-state index is -4.03. The fourth-order valence-electron chi connectivity index (χ4n) is 2.26. The fourth-order valence-corrected chi connectivity index (χ4v) is 3.18. The molecule has 5 atom stereocenters. The van der Waals surface area contributed by atoms with Crippen LogP contribution in [0.2, 0.25) is 0 Å². The summed E-state index contributed by atoms with van der Waals surface area (Å²) in [6.07, 6.45) is -6.70. The lowest BCUT2D eigenvalue weighted by Crippen LogP contribution is -2.59. The van der Waals surface area contributed by atoms with Crippen LogP contribution >= 0.6 is 0 Å². The van der Waals surface area contributed by atoms with Crippen molar-refractivity contribution in [3.8, 4) is 0 Å². The van der Waals surface area contributed by atoms with Gasteiger partial charge in [0, 0.05) is 7.11 Å². The molecular weight excluding hydrogens is 328 g/mol. The third kappa shape index (κ3) is 4.07. The molecule has 8 nitrogen and oxygen atoms in total. The minimum Gasteiger partial charge on any atom is -0.387 e. The Kier molecular flexibility index (Phi) is 5.74. The SMILES string of the molecule is CO[C@@H]1C(O)[C@@H](O)OC(COS(=O)(=O)c2ccc(C)cc2)[C@H]1O. The molecule has 9 heteroatoms. The van der Waals surface area contributed by atoms with Crippen molar-refractivity contribution in [2.75, 3.05) is 13.7 Å². The summed E-state index contributed by atoms with van der Waals surface area (Å²) < 4.78 is 38.9. The molecule has 1 heterocycles. The molecule has 130 valence electrons. The van der Waals surface area contributed by atoms with Crippen molar-refractivity contribution in [3.05, 3.63) is 29.8 Å². The molecule has 1 aliphatic heterocycles. The maximum Gasteiger partial charge on any atom is 0.297 e. The lowest BCUT2D eigenvalue weighted by Gasteiger charge is -2.39. The molecule has 1 aliphatic rings. The molecule has 1 aromatic rings. The maximum atomic E-state index is 12.1. The second-order valence-corrected chi connectivity index (χ2v) is 6.91. The van der Waals surface area contributed by atoms with Gasteiger partial charge in [-0.3, -0.25) is 4.18 Å². The normalized spacial score (nSPS) is 32.0. The summed E-state index contributed by atoms with van der Waals surface area (Å²) in [6.45, 7) is 1.29. The molecule has 1 aromatic carbocycles. The van der Waals surface area contributed by atoms with Crippen LogP contribution in [-0.4, -0.2) is 68.2 Å². The molecule has 1 fully saturated rings. The first kappa shape index (κ1) is 18.3. The van der Waals surface area contributed by atoms with Crippen molar-refractivity contribution in [1.29, 1.82) is 0 Å². The first-order valence-electron chi connectivity index (χ1n) is 6.95. The summed E-state index contributed by atoms with van der Waals surface area (Å²) in [5, 5.41) is 29.2. The molecule has 1 saturated heterocycles. The minimum absolute atomic E-state index is 0.0303. The van der Waals surface area contributed by atoms with Crippen LogP contribution in [0.4, 0.5) is 0 Å². The number of rotatable bonds is 5. The van der Waals surface area contributed by atoms with Gasteiger partial charge in [0.2, 0.25) is 0 Å². The van der Waals surface area contributed by atoms with Crippen molar-refractivity contribution in [2.45, 2.75) is 42.5 Å². The number of methoxy groups -OCH3 is 1. The Morgan fingerprint density at radius 2 is 1.74 bits per heavy atom. The quantitative estimate of drug-likeness (QED) is 0.589. The summed E-state index contributed by atoms with van der Waals surface area (Å²) in [5.74, 6) is 0. The molecule has 23 heavy (non-hydrogen) atoms. The maximum absolute atomic E-state index is 12.1. The first-order chi connectivity index (χ1) is 10.8. The van der Waals surface area contributed by atoms with Gasteiger partial charge in [-0.25, -0.2) is 0 Å². The number of aliphatic hydroxyl groups is 3. The van der Waals surface area contributed by atoms with Crippen molar-refractivity contribution in [1.82, 2.24) is 0 Å². The van der Waals surface area contributed by atoms with Crippen LogP contribution in [0.3, 0.4) is 0 Å². The molecule has 3 N–H and O–H groups in total. The van der Waals surface area contributed by atoms with Gasteiger partial charge in [0.1, 0.15) is 24.4 Å². The van der Waals surface area contributed by atoms with Crippen LogP contribution in [0.5, 0.6) is 0 Å². The standard InChI is InChI=1S/C14H20O8S/c1-8-3-5-9(6-4-8)23(18,19)21-7-10-11(15)13(20-2)12(16)14(17)22-10/h3-6,10-17H,7H2,1-2H3/t10?,11-,12?,13+,14+/m1/s1. The van der Waals surface area contributed by atoms with E-state index in [0.29, 0.717) is 0 Å². The number of hydrogen-bond donors (Lipinski definition) is 3. The molecule has 2 unspecified atom stereocenters. The average molecular weight is 348 g/mol. The van der Waals surface area contributed by atoms with E-state index in [1.54, 1.807) is 12.1 Å². The summed E-state index contributed by atoms with van der Waals surface area (Å²) in [6, 6.07) is 6.06. The fraction of sp³-hybridized carbons (Fsp3) is 0.571. The molecule has 0 saturated carbocycles. The lowest BCUT2D eigenvalue weighted by molar-refractivity contribution is -0.289. The zero-order valence-corrected chi connectivity index (χ0v) is 13.5. The van der Waals surface area contributed by atoms with Gasteiger partial charge in [0.05, 0.1) is 11.5 Å². The zero-order chi connectivity index (χ0) is 17.2. The van der Waals surface area contributed by atoms with Gasteiger partial charge >= 0.3 is 0 Å². The smallest absolute Gasteiger partial charge is 0.297 e. The Balaban J connectivity index is 2.05. The predicted molar refractivity (Wildman–Crippen MR) is 78.0 cm³/mol. The number of ether oxygens (including phenoxy) is 2. The first-order valence-corrected chi connectivity index (χ1v) is 8.35. The Morgan fingerprint density at radius 3 is 2.30 bits per heavy atom. The van der Waals surface area contributed by atoms with E-state index in [9.17, 15) is 23.7 Å². The number of aryl methyl sites for hydroxylation is 1. The van der Waals surface area contributed by atoms with Crippen LogP contribution in [-0.2, 0) is 23.8 Å². The second-order valence-electron chi connectivity index (χ2n) is 5.30. The van der Waals surface area contributed by atoms with E-state index in [0.717, 1.165) is 5.56 Å². The van der Waals surface area contributed by atoms with Crippen LogP contribution in [0.1, 0.15) is 5.56 Å². The molecular formula is C14H20O8S. The van der Waals surface area contributed by atoms with Crippen LogP contribution in [0.15, 0.2) is 29.2 Å². The van der Waals surface area contributed by atoms with Crippen molar-refractivity contribution < 1.29 is 37.4 Å². The highest BCUT2D eigenvalue weighted by atomic mass is 32.2. The van der Waals surface area contributed by atoms with Crippen LogP contribution < -0.4 is 0 Å². The number of hydrogen-bond acceptors (Lipinski definition) is 8.